The fourth-order valence-electron chi connectivity index (χ4n) is 3.57. The van der Waals surface area contributed by atoms with E-state index in [2.05, 4.69) is 0 Å². The van der Waals surface area contributed by atoms with E-state index in [0.717, 1.165) is 5.56 Å². The third-order valence-corrected chi connectivity index (χ3v) is 5.62. The summed E-state index contributed by atoms with van der Waals surface area (Å²) in [6.07, 6.45) is 0. The first-order valence-electron chi connectivity index (χ1n) is 9.72. The molecule has 0 heterocycles. The van der Waals surface area contributed by atoms with Gasteiger partial charge in [0, 0.05) is 16.1 Å². The average Bonchev–Trinajstić information content (AvgIpc) is 2.75. The van der Waals surface area contributed by atoms with E-state index in [1.807, 2.05) is 6.92 Å². The summed E-state index contributed by atoms with van der Waals surface area (Å²) in [6.45, 7) is 5.37. The maximum Gasteiger partial charge on any atom is 0.204 e. The van der Waals surface area contributed by atoms with Gasteiger partial charge in [0.25, 0.3) is 0 Å². The van der Waals surface area contributed by atoms with Gasteiger partial charge in [-0.05, 0) is 55.7 Å². The Morgan fingerprint density at radius 3 is 2.29 bits per heavy atom. The minimum atomic E-state index is -0.393. The molecule has 3 rings (SSSR count). The van der Waals surface area contributed by atoms with E-state index in [1.54, 1.807) is 50.2 Å². The van der Waals surface area contributed by atoms with Crippen LogP contribution in [-0.2, 0) is 6.61 Å². The van der Waals surface area contributed by atoms with Crippen LogP contribution in [0.5, 0.6) is 17.2 Å². The van der Waals surface area contributed by atoms with Crippen molar-refractivity contribution in [3.05, 3.63) is 86.7 Å². The molecule has 0 fully saturated rings. The van der Waals surface area contributed by atoms with Crippen molar-refractivity contribution in [3.8, 4) is 17.2 Å². The van der Waals surface area contributed by atoms with Gasteiger partial charge in [-0.25, -0.2) is 4.39 Å². The van der Waals surface area contributed by atoms with E-state index in [-0.39, 0.29) is 23.9 Å². The van der Waals surface area contributed by atoms with Gasteiger partial charge in [-0.2, -0.15) is 0 Å². The van der Waals surface area contributed by atoms with Crippen LogP contribution < -0.4 is 14.2 Å². The molecule has 0 atom stereocenters. The Morgan fingerprint density at radius 1 is 0.935 bits per heavy atom. The first kappa shape index (κ1) is 22.6. The summed E-state index contributed by atoms with van der Waals surface area (Å²) in [6, 6.07) is 11.6. The summed E-state index contributed by atoms with van der Waals surface area (Å²) >= 11 is 6.29. The van der Waals surface area contributed by atoms with Gasteiger partial charge < -0.3 is 14.2 Å². The summed E-state index contributed by atoms with van der Waals surface area (Å²) in [7, 11) is 2.97. The monoisotopic (exact) mass is 442 g/mol. The second-order valence-corrected chi connectivity index (χ2v) is 7.61. The Morgan fingerprint density at radius 2 is 1.65 bits per heavy atom. The minimum absolute atomic E-state index is 0.0799. The van der Waals surface area contributed by atoms with Gasteiger partial charge in [0.05, 0.1) is 19.8 Å². The Hall–Kier alpha value is -3.05. The van der Waals surface area contributed by atoms with Gasteiger partial charge in [0.2, 0.25) is 5.75 Å². The lowest BCUT2D eigenvalue weighted by molar-refractivity contribution is 0.103. The Bertz CT molecular complexity index is 1140. The minimum Gasteiger partial charge on any atom is -0.493 e. The topological polar surface area (TPSA) is 44.8 Å². The zero-order valence-electron chi connectivity index (χ0n) is 18.1. The number of carbonyl (C=O) groups is 1. The molecular weight excluding hydrogens is 419 g/mol. The summed E-state index contributed by atoms with van der Waals surface area (Å²) < 4.78 is 31.1. The van der Waals surface area contributed by atoms with Gasteiger partial charge in [-0.15, -0.1) is 0 Å². The molecule has 0 saturated carbocycles. The SMILES string of the molecule is COc1cc(C)c(C(=O)c2c(C)ccc(Cl)c2C)c(OCc2ccccc2F)c1OC. The predicted octanol–water partition coefficient (Wildman–Crippen LogP) is 6.23. The molecule has 4 nitrogen and oxygen atoms in total. The van der Waals surface area contributed by atoms with Gasteiger partial charge >= 0.3 is 0 Å². The van der Waals surface area contributed by atoms with Crippen LogP contribution in [0.15, 0.2) is 42.5 Å². The van der Waals surface area contributed by atoms with Crippen molar-refractivity contribution in [2.45, 2.75) is 27.4 Å². The maximum atomic E-state index is 14.2. The van der Waals surface area contributed by atoms with E-state index < -0.39 is 5.82 Å². The highest BCUT2D eigenvalue weighted by Gasteiger charge is 2.27. The second-order valence-electron chi connectivity index (χ2n) is 7.21. The van der Waals surface area contributed by atoms with Crippen LogP contribution in [0.1, 0.15) is 38.2 Å². The van der Waals surface area contributed by atoms with Crippen molar-refractivity contribution >= 4 is 17.4 Å². The number of methoxy groups -OCH3 is 2. The van der Waals surface area contributed by atoms with Gasteiger partial charge in [-0.1, -0.05) is 35.9 Å². The largest absolute Gasteiger partial charge is 0.493 e. The smallest absolute Gasteiger partial charge is 0.204 e. The zero-order valence-corrected chi connectivity index (χ0v) is 18.9. The number of rotatable bonds is 7. The lowest BCUT2D eigenvalue weighted by Gasteiger charge is -2.20. The molecule has 6 heteroatoms. The lowest BCUT2D eigenvalue weighted by Crippen LogP contribution is -2.13. The average molecular weight is 443 g/mol. The first-order chi connectivity index (χ1) is 14.8. The summed E-state index contributed by atoms with van der Waals surface area (Å²) in [5, 5.41) is 0.501. The summed E-state index contributed by atoms with van der Waals surface area (Å²) in [5.41, 5.74) is 3.30. The molecule has 162 valence electrons. The number of hydrogen-bond acceptors (Lipinski definition) is 4. The molecule has 0 radical (unpaired) electrons. The molecular formula is C25H24ClFO4. The molecule has 0 spiro atoms. The molecule has 0 saturated heterocycles. The highest BCUT2D eigenvalue weighted by molar-refractivity contribution is 6.32. The Balaban J connectivity index is 2.19. The normalized spacial score (nSPS) is 10.7. The van der Waals surface area contributed by atoms with Crippen LogP contribution in [0.25, 0.3) is 0 Å². The van der Waals surface area contributed by atoms with E-state index in [1.165, 1.54) is 20.3 Å². The van der Waals surface area contributed by atoms with Crippen LogP contribution in [0.4, 0.5) is 4.39 Å². The van der Waals surface area contributed by atoms with Crippen LogP contribution in [0.3, 0.4) is 0 Å². The molecule has 0 bridgehead atoms. The molecule has 0 amide bonds. The van der Waals surface area contributed by atoms with Crippen molar-refractivity contribution in [2.75, 3.05) is 14.2 Å². The number of carbonyl (C=O) groups excluding carboxylic acids is 1. The molecule has 0 aliphatic rings. The molecule has 0 aromatic heterocycles. The Kier molecular flexibility index (Phi) is 6.86. The molecule has 0 aliphatic carbocycles. The van der Waals surface area contributed by atoms with E-state index in [4.69, 9.17) is 25.8 Å². The predicted molar refractivity (Wildman–Crippen MR) is 119 cm³/mol. The van der Waals surface area contributed by atoms with Crippen LogP contribution in [0.2, 0.25) is 5.02 Å². The fourth-order valence-corrected chi connectivity index (χ4v) is 3.72. The van der Waals surface area contributed by atoms with Crippen LogP contribution >= 0.6 is 11.6 Å². The van der Waals surface area contributed by atoms with Crippen molar-refractivity contribution in [1.82, 2.24) is 0 Å². The standard InChI is InChI=1S/C25H24ClFO4/c1-14-10-11-18(26)16(3)21(14)23(28)22-15(2)12-20(29-4)24(30-5)25(22)31-13-17-8-6-7-9-19(17)27/h6-12H,13H2,1-5H3. The quantitative estimate of drug-likeness (QED) is 0.407. The lowest BCUT2D eigenvalue weighted by atomic mass is 9.91. The van der Waals surface area contributed by atoms with Crippen molar-refractivity contribution in [1.29, 1.82) is 0 Å². The highest BCUT2D eigenvalue weighted by atomic mass is 35.5. The van der Waals surface area contributed by atoms with Crippen LogP contribution in [-0.4, -0.2) is 20.0 Å². The number of ether oxygens (including phenoxy) is 3. The zero-order chi connectivity index (χ0) is 22.7. The number of hydrogen-bond donors (Lipinski definition) is 0. The second kappa shape index (κ2) is 9.40. The number of ketones is 1. The van der Waals surface area contributed by atoms with E-state index >= 15 is 0 Å². The fraction of sp³-hybridized carbons (Fsp3) is 0.240. The number of halogens is 2. The summed E-state index contributed by atoms with van der Waals surface area (Å²) in [5.74, 6) is 0.242. The molecule has 3 aromatic carbocycles. The van der Waals surface area contributed by atoms with Gasteiger partial charge in [0.1, 0.15) is 12.4 Å². The third kappa shape index (κ3) is 4.37. The molecule has 0 N–H and O–H groups in total. The molecule has 0 aliphatic heterocycles. The molecule has 3 aromatic rings. The highest BCUT2D eigenvalue weighted by Crippen LogP contribution is 2.44. The van der Waals surface area contributed by atoms with Gasteiger partial charge in [0.15, 0.2) is 17.3 Å². The Labute approximate surface area is 186 Å². The van der Waals surface area contributed by atoms with Crippen molar-refractivity contribution in [3.63, 3.8) is 0 Å². The molecule has 31 heavy (non-hydrogen) atoms. The maximum absolute atomic E-state index is 14.2. The number of aryl methyl sites for hydroxylation is 2. The van der Waals surface area contributed by atoms with Crippen molar-refractivity contribution < 1.29 is 23.4 Å². The van der Waals surface area contributed by atoms with E-state index in [9.17, 15) is 9.18 Å². The number of benzene rings is 3. The summed E-state index contributed by atoms with van der Waals surface area (Å²) in [4.78, 5) is 13.7. The van der Waals surface area contributed by atoms with E-state index in [0.29, 0.717) is 38.6 Å². The van der Waals surface area contributed by atoms with Gasteiger partial charge in [-0.3, -0.25) is 4.79 Å². The van der Waals surface area contributed by atoms with Crippen molar-refractivity contribution in [2.24, 2.45) is 0 Å². The molecule has 0 unspecified atom stereocenters. The van der Waals surface area contributed by atoms with Crippen LogP contribution in [0, 0.1) is 26.6 Å². The third-order valence-electron chi connectivity index (χ3n) is 5.21. The first-order valence-corrected chi connectivity index (χ1v) is 10.1.